The Hall–Kier alpha value is -3.03. The summed E-state index contributed by atoms with van der Waals surface area (Å²) in [5, 5.41) is 6.30. The molecule has 0 aliphatic carbocycles. The fraction of sp³-hybridized carbons (Fsp3) is 0.267. The number of pyridine rings is 2. The number of H-pyrrole nitrogens is 1. The minimum Gasteiger partial charge on any atom is -0.474 e. The van der Waals surface area contributed by atoms with E-state index in [0.717, 1.165) is 11.3 Å². The van der Waals surface area contributed by atoms with Gasteiger partial charge in [-0.1, -0.05) is 0 Å². The predicted molar refractivity (Wildman–Crippen MR) is 84.6 cm³/mol. The number of esters is 1. The molecule has 0 aromatic carbocycles. The molecule has 0 saturated carbocycles. The fourth-order valence-electron chi connectivity index (χ4n) is 2.38. The average molecular weight is 316 g/mol. The summed E-state index contributed by atoms with van der Waals surface area (Å²) in [5.41, 5.74) is 2.08. The minimum absolute atomic E-state index is 0.0867. The van der Waals surface area contributed by atoms with Crippen LogP contribution in [0.3, 0.4) is 0 Å². The molecule has 1 aliphatic heterocycles. The second-order valence-corrected chi connectivity index (χ2v) is 4.96. The van der Waals surface area contributed by atoms with Gasteiger partial charge in [0.1, 0.15) is 17.9 Å². The van der Waals surface area contributed by atoms with E-state index in [2.05, 4.69) is 25.3 Å². The smallest absolute Gasteiger partial charge is 0.345 e. The van der Waals surface area contributed by atoms with Crippen molar-refractivity contribution in [1.29, 1.82) is 0 Å². The number of anilines is 3. The van der Waals surface area contributed by atoms with E-state index in [9.17, 15) is 9.59 Å². The lowest BCUT2D eigenvalue weighted by atomic mass is 10.1. The van der Waals surface area contributed by atoms with Crippen molar-refractivity contribution in [3.8, 4) is 5.88 Å². The Labute approximate surface area is 131 Å². The number of nitrogens with one attached hydrogen (secondary N) is 3. The summed E-state index contributed by atoms with van der Waals surface area (Å²) in [6, 6.07) is 1.59. The molecular weight excluding hydrogens is 300 g/mol. The van der Waals surface area contributed by atoms with Crippen LogP contribution >= 0.6 is 0 Å². The molecule has 2 aromatic heterocycles. The SMILES string of the molecule is COC(=O)c1c(Nc2cnc3c(c2C)NCCO3)cc[nH]c1=O. The van der Waals surface area contributed by atoms with Crippen molar-refractivity contribution in [1.82, 2.24) is 9.97 Å². The number of nitrogens with zero attached hydrogens (tertiary/aromatic N) is 1. The van der Waals surface area contributed by atoms with Crippen LogP contribution in [0, 0.1) is 6.92 Å². The topological polar surface area (TPSA) is 105 Å². The maximum absolute atomic E-state index is 11.9. The number of hydrogen-bond donors (Lipinski definition) is 3. The van der Waals surface area contributed by atoms with Crippen LogP contribution in [0.1, 0.15) is 15.9 Å². The van der Waals surface area contributed by atoms with E-state index < -0.39 is 11.5 Å². The summed E-state index contributed by atoms with van der Waals surface area (Å²) >= 11 is 0. The first-order chi connectivity index (χ1) is 11.1. The predicted octanol–water partition coefficient (Wildman–Crippen LogP) is 1.41. The molecule has 0 atom stereocenters. The second-order valence-electron chi connectivity index (χ2n) is 4.96. The number of hydrogen-bond acceptors (Lipinski definition) is 7. The van der Waals surface area contributed by atoms with Gasteiger partial charge in [-0.3, -0.25) is 4.79 Å². The summed E-state index contributed by atoms with van der Waals surface area (Å²) in [5.74, 6) is -0.169. The highest BCUT2D eigenvalue weighted by Crippen LogP contribution is 2.34. The largest absolute Gasteiger partial charge is 0.474 e. The summed E-state index contributed by atoms with van der Waals surface area (Å²) in [7, 11) is 1.23. The van der Waals surface area contributed by atoms with Crippen molar-refractivity contribution in [2.75, 3.05) is 30.9 Å². The standard InChI is InChI=1S/C15H16N4O4/c1-8-10(7-18-14-12(8)16-5-6-23-14)19-9-3-4-17-13(20)11(9)15(21)22-2/h3-4,7,16H,5-6H2,1-2H3,(H2,17,19,20). The van der Waals surface area contributed by atoms with Gasteiger partial charge in [0, 0.05) is 18.3 Å². The Morgan fingerprint density at radius 2 is 2.26 bits per heavy atom. The lowest BCUT2D eigenvalue weighted by molar-refractivity contribution is 0.0600. The molecule has 0 unspecified atom stereocenters. The van der Waals surface area contributed by atoms with Crippen molar-refractivity contribution in [3.63, 3.8) is 0 Å². The van der Waals surface area contributed by atoms with E-state index in [1.165, 1.54) is 13.3 Å². The molecule has 2 aromatic rings. The molecule has 0 bridgehead atoms. The molecule has 8 heteroatoms. The molecule has 23 heavy (non-hydrogen) atoms. The van der Waals surface area contributed by atoms with Crippen LogP contribution in [-0.2, 0) is 4.74 Å². The zero-order valence-corrected chi connectivity index (χ0v) is 12.7. The Kier molecular flexibility index (Phi) is 3.88. The van der Waals surface area contributed by atoms with Crippen LogP contribution in [-0.4, -0.2) is 36.2 Å². The first-order valence-electron chi connectivity index (χ1n) is 7.05. The summed E-state index contributed by atoms with van der Waals surface area (Å²) in [6.45, 7) is 3.15. The Morgan fingerprint density at radius 3 is 3.04 bits per heavy atom. The van der Waals surface area contributed by atoms with E-state index in [1.54, 1.807) is 12.3 Å². The van der Waals surface area contributed by atoms with Gasteiger partial charge < -0.3 is 25.1 Å². The molecule has 0 radical (unpaired) electrons. The van der Waals surface area contributed by atoms with E-state index in [4.69, 9.17) is 4.74 Å². The van der Waals surface area contributed by atoms with E-state index in [1.807, 2.05) is 6.92 Å². The van der Waals surface area contributed by atoms with Crippen molar-refractivity contribution in [2.24, 2.45) is 0 Å². The average Bonchev–Trinajstić information content (AvgIpc) is 2.57. The summed E-state index contributed by atoms with van der Waals surface area (Å²) < 4.78 is 10.1. The molecule has 3 heterocycles. The highest BCUT2D eigenvalue weighted by atomic mass is 16.5. The third kappa shape index (κ3) is 2.70. The van der Waals surface area contributed by atoms with Crippen molar-refractivity contribution in [2.45, 2.75) is 6.92 Å². The van der Waals surface area contributed by atoms with Crippen LogP contribution in [0.15, 0.2) is 23.3 Å². The van der Waals surface area contributed by atoms with Crippen molar-refractivity contribution in [3.05, 3.63) is 39.9 Å². The Bertz CT molecular complexity index is 816. The van der Waals surface area contributed by atoms with Crippen molar-refractivity contribution >= 4 is 23.0 Å². The van der Waals surface area contributed by atoms with E-state index >= 15 is 0 Å². The monoisotopic (exact) mass is 316 g/mol. The zero-order chi connectivity index (χ0) is 16.4. The maximum atomic E-state index is 11.9. The first-order valence-corrected chi connectivity index (χ1v) is 7.05. The maximum Gasteiger partial charge on any atom is 0.345 e. The molecule has 3 N–H and O–H groups in total. The minimum atomic E-state index is -0.709. The molecule has 0 saturated heterocycles. The number of rotatable bonds is 3. The third-order valence-corrected chi connectivity index (χ3v) is 3.57. The van der Waals surface area contributed by atoms with Gasteiger partial charge in [-0.05, 0) is 13.0 Å². The van der Waals surface area contributed by atoms with Gasteiger partial charge in [0.15, 0.2) is 0 Å². The molecule has 120 valence electrons. The fourth-order valence-corrected chi connectivity index (χ4v) is 2.38. The molecule has 3 rings (SSSR count). The van der Waals surface area contributed by atoms with Gasteiger partial charge in [0.2, 0.25) is 5.88 Å². The highest BCUT2D eigenvalue weighted by Gasteiger charge is 2.20. The second kappa shape index (κ2) is 5.99. The van der Waals surface area contributed by atoms with Crippen molar-refractivity contribution < 1.29 is 14.3 Å². The van der Waals surface area contributed by atoms with Gasteiger partial charge in [-0.2, -0.15) is 0 Å². The highest BCUT2D eigenvalue weighted by molar-refractivity contribution is 5.96. The molecule has 0 spiro atoms. The third-order valence-electron chi connectivity index (χ3n) is 3.57. The normalized spacial score (nSPS) is 12.6. The number of methoxy groups -OCH3 is 1. The number of carbonyl (C=O) groups excluding carboxylic acids is 1. The van der Waals surface area contributed by atoms with Gasteiger partial charge in [-0.15, -0.1) is 0 Å². The summed E-state index contributed by atoms with van der Waals surface area (Å²) in [4.78, 5) is 30.4. The van der Waals surface area contributed by atoms with Crippen LogP contribution in [0.2, 0.25) is 0 Å². The van der Waals surface area contributed by atoms with Crippen LogP contribution in [0.4, 0.5) is 17.1 Å². The van der Waals surface area contributed by atoms with Crippen LogP contribution in [0.5, 0.6) is 5.88 Å². The Morgan fingerprint density at radius 1 is 1.43 bits per heavy atom. The Balaban J connectivity index is 2.02. The van der Waals surface area contributed by atoms with Gasteiger partial charge in [0.25, 0.3) is 5.56 Å². The van der Waals surface area contributed by atoms with Gasteiger partial charge in [0.05, 0.1) is 24.7 Å². The van der Waals surface area contributed by atoms with Gasteiger partial charge in [-0.25, -0.2) is 9.78 Å². The lowest BCUT2D eigenvalue weighted by Crippen LogP contribution is -2.21. The number of ether oxygens (including phenoxy) is 2. The number of fused-ring (bicyclic) bond motifs is 1. The van der Waals surface area contributed by atoms with E-state index in [0.29, 0.717) is 30.4 Å². The number of carbonyl (C=O) groups is 1. The number of aromatic nitrogens is 2. The van der Waals surface area contributed by atoms with Gasteiger partial charge >= 0.3 is 5.97 Å². The molecule has 0 fully saturated rings. The molecular formula is C15H16N4O4. The van der Waals surface area contributed by atoms with Crippen LogP contribution < -0.4 is 20.9 Å². The molecule has 0 amide bonds. The number of aromatic amines is 1. The van der Waals surface area contributed by atoms with Crippen LogP contribution in [0.25, 0.3) is 0 Å². The quantitative estimate of drug-likeness (QED) is 0.735. The zero-order valence-electron chi connectivity index (χ0n) is 12.7. The summed E-state index contributed by atoms with van der Waals surface area (Å²) in [6.07, 6.45) is 3.06. The molecule has 1 aliphatic rings. The molecule has 8 nitrogen and oxygen atoms in total. The lowest BCUT2D eigenvalue weighted by Gasteiger charge is -2.22. The van der Waals surface area contributed by atoms with E-state index in [-0.39, 0.29) is 5.56 Å². The first kappa shape index (κ1) is 14.9.